The lowest BCUT2D eigenvalue weighted by Gasteiger charge is -2.26. The number of nitrogens with zero attached hydrogens (tertiary/aromatic N) is 2. The molecule has 5 nitrogen and oxygen atoms in total. The van der Waals surface area contributed by atoms with E-state index in [9.17, 15) is 4.79 Å². The van der Waals surface area contributed by atoms with Crippen molar-refractivity contribution in [2.75, 3.05) is 5.75 Å². The number of benzene rings is 2. The minimum Gasteiger partial charge on any atom is -0.349 e. The highest BCUT2D eigenvalue weighted by Gasteiger charge is 2.21. The summed E-state index contributed by atoms with van der Waals surface area (Å²) in [6.45, 7) is 0. The summed E-state index contributed by atoms with van der Waals surface area (Å²) >= 11 is 13.5. The van der Waals surface area contributed by atoms with Crippen LogP contribution in [-0.4, -0.2) is 26.8 Å². The van der Waals surface area contributed by atoms with E-state index in [1.54, 1.807) is 18.2 Å². The summed E-state index contributed by atoms with van der Waals surface area (Å²) in [4.78, 5) is 16.8. The van der Waals surface area contributed by atoms with Gasteiger partial charge in [0, 0.05) is 10.6 Å². The summed E-state index contributed by atoms with van der Waals surface area (Å²) in [5, 5.41) is 11.7. The highest BCUT2D eigenvalue weighted by Crippen LogP contribution is 2.31. The first-order chi connectivity index (χ1) is 13.6. The Bertz CT molecular complexity index is 1010. The van der Waals surface area contributed by atoms with Gasteiger partial charge in [-0.25, -0.2) is 4.98 Å². The van der Waals surface area contributed by atoms with Gasteiger partial charge in [0.15, 0.2) is 5.82 Å². The molecule has 0 saturated carbocycles. The number of nitrogens with one attached hydrogen (secondary N) is 2. The number of carbonyl (C=O) groups excluding carboxylic acids is 1. The Labute approximate surface area is 177 Å². The molecular weight excluding hydrogens is 415 g/mol. The van der Waals surface area contributed by atoms with Gasteiger partial charge in [-0.05, 0) is 48.6 Å². The van der Waals surface area contributed by atoms with Crippen LogP contribution in [0, 0.1) is 0 Å². The number of aryl methyl sites for hydroxylation is 1. The molecule has 0 aliphatic heterocycles. The molecule has 8 heteroatoms. The smallest absolute Gasteiger partial charge is 0.230 e. The Morgan fingerprint density at radius 3 is 3.00 bits per heavy atom. The van der Waals surface area contributed by atoms with Gasteiger partial charge in [0.2, 0.25) is 11.1 Å². The number of hydrogen-bond donors (Lipinski definition) is 2. The van der Waals surface area contributed by atoms with Gasteiger partial charge in [-0.3, -0.25) is 9.89 Å². The van der Waals surface area contributed by atoms with Crippen molar-refractivity contribution in [2.24, 2.45) is 0 Å². The first kappa shape index (κ1) is 19.3. The molecule has 2 aromatic carbocycles. The van der Waals surface area contributed by atoms with Crippen molar-refractivity contribution in [1.82, 2.24) is 20.5 Å². The maximum absolute atomic E-state index is 12.4. The Kier molecular flexibility index (Phi) is 5.90. The van der Waals surface area contributed by atoms with E-state index in [1.807, 2.05) is 12.1 Å². The van der Waals surface area contributed by atoms with Gasteiger partial charge in [0.05, 0.1) is 16.8 Å². The van der Waals surface area contributed by atoms with E-state index in [4.69, 9.17) is 23.2 Å². The molecular formula is C20H18Cl2N4OS. The summed E-state index contributed by atoms with van der Waals surface area (Å²) in [5.74, 6) is 0.745. The number of H-pyrrole nitrogens is 1. The lowest BCUT2D eigenvalue weighted by Crippen LogP contribution is -2.32. The fraction of sp³-hybridized carbons (Fsp3) is 0.250. The van der Waals surface area contributed by atoms with Crippen LogP contribution < -0.4 is 5.32 Å². The molecule has 0 fully saturated rings. The zero-order chi connectivity index (χ0) is 19.5. The SMILES string of the molecule is O=C(CSc1n[nH]c(-c2cc(Cl)ccc2Cl)n1)NC1CCCc2ccccc21. The second-order valence-electron chi connectivity index (χ2n) is 6.59. The van der Waals surface area contributed by atoms with Crippen molar-refractivity contribution in [1.29, 1.82) is 0 Å². The van der Waals surface area contributed by atoms with Crippen LogP contribution in [0.5, 0.6) is 0 Å². The molecule has 0 spiro atoms. The summed E-state index contributed by atoms with van der Waals surface area (Å²) in [6, 6.07) is 13.5. The van der Waals surface area contributed by atoms with Gasteiger partial charge in [0.1, 0.15) is 0 Å². The van der Waals surface area contributed by atoms with Gasteiger partial charge in [0.25, 0.3) is 0 Å². The third kappa shape index (κ3) is 4.35. The lowest BCUT2D eigenvalue weighted by atomic mass is 9.88. The van der Waals surface area contributed by atoms with Crippen LogP contribution >= 0.6 is 35.0 Å². The minimum atomic E-state index is -0.0289. The van der Waals surface area contributed by atoms with Gasteiger partial charge in [-0.15, -0.1) is 5.10 Å². The van der Waals surface area contributed by atoms with Crippen LogP contribution in [0.25, 0.3) is 11.4 Å². The Hall–Kier alpha value is -2.02. The molecule has 144 valence electrons. The number of amides is 1. The fourth-order valence-corrected chi connectivity index (χ4v) is 4.37. The van der Waals surface area contributed by atoms with Gasteiger partial charge < -0.3 is 5.32 Å². The van der Waals surface area contributed by atoms with E-state index >= 15 is 0 Å². The Morgan fingerprint density at radius 1 is 1.25 bits per heavy atom. The van der Waals surface area contributed by atoms with E-state index in [0.717, 1.165) is 19.3 Å². The van der Waals surface area contributed by atoms with Crippen LogP contribution in [0.4, 0.5) is 0 Å². The maximum Gasteiger partial charge on any atom is 0.230 e. The quantitative estimate of drug-likeness (QED) is 0.552. The van der Waals surface area contributed by atoms with Gasteiger partial charge >= 0.3 is 0 Å². The lowest BCUT2D eigenvalue weighted by molar-refractivity contribution is -0.119. The second-order valence-corrected chi connectivity index (χ2v) is 8.38. The molecule has 1 heterocycles. The normalized spacial score (nSPS) is 15.9. The Morgan fingerprint density at radius 2 is 2.11 bits per heavy atom. The molecule has 0 saturated heterocycles. The van der Waals surface area contributed by atoms with Crippen LogP contribution in [0.1, 0.15) is 30.0 Å². The van der Waals surface area contributed by atoms with E-state index in [0.29, 0.717) is 26.6 Å². The number of hydrogen-bond acceptors (Lipinski definition) is 4. The average Bonchev–Trinajstić information content (AvgIpc) is 3.17. The highest BCUT2D eigenvalue weighted by molar-refractivity contribution is 7.99. The number of aromatic amines is 1. The van der Waals surface area contributed by atoms with E-state index < -0.39 is 0 Å². The van der Waals surface area contributed by atoms with Crippen molar-refractivity contribution in [3.63, 3.8) is 0 Å². The van der Waals surface area contributed by atoms with Crippen molar-refractivity contribution < 1.29 is 4.79 Å². The number of fused-ring (bicyclic) bond motifs is 1. The molecule has 4 rings (SSSR count). The second kappa shape index (κ2) is 8.55. The first-order valence-corrected chi connectivity index (χ1v) is 10.7. The Balaban J connectivity index is 1.37. The third-order valence-corrected chi connectivity index (χ3v) is 6.10. The number of aromatic nitrogens is 3. The maximum atomic E-state index is 12.4. The summed E-state index contributed by atoms with van der Waals surface area (Å²) in [7, 11) is 0. The number of carbonyl (C=O) groups is 1. The van der Waals surface area contributed by atoms with Crippen LogP contribution in [-0.2, 0) is 11.2 Å². The number of rotatable bonds is 5. The summed E-state index contributed by atoms with van der Waals surface area (Å²) in [6.07, 6.45) is 3.12. The monoisotopic (exact) mass is 432 g/mol. The predicted octanol–water partition coefficient (Wildman–Crippen LogP) is 5.06. The van der Waals surface area contributed by atoms with Crippen LogP contribution in [0.3, 0.4) is 0 Å². The first-order valence-electron chi connectivity index (χ1n) is 8.98. The van der Waals surface area contributed by atoms with Crippen LogP contribution in [0.15, 0.2) is 47.6 Å². The fourth-order valence-electron chi connectivity index (χ4n) is 3.38. The van der Waals surface area contributed by atoms with Gasteiger partial charge in [-0.2, -0.15) is 0 Å². The minimum absolute atomic E-state index is 0.0289. The van der Waals surface area contributed by atoms with Crippen LogP contribution in [0.2, 0.25) is 10.0 Å². The third-order valence-electron chi connectivity index (χ3n) is 4.69. The molecule has 1 amide bonds. The predicted molar refractivity (Wildman–Crippen MR) is 113 cm³/mol. The molecule has 28 heavy (non-hydrogen) atoms. The molecule has 0 radical (unpaired) electrons. The molecule has 1 aromatic heterocycles. The summed E-state index contributed by atoms with van der Waals surface area (Å²) < 4.78 is 0. The molecule has 1 atom stereocenters. The standard InChI is InChI=1S/C20H18Cl2N4OS/c21-13-8-9-16(22)15(10-13)19-24-20(26-25-19)28-11-18(27)23-17-7-3-5-12-4-1-2-6-14(12)17/h1-2,4,6,8-10,17H,3,5,7,11H2,(H,23,27)(H,24,25,26). The molecule has 3 aromatic rings. The van der Waals surface area contributed by atoms with Crippen molar-refractivity contribution >= 4 is 40.9 Å². The summed E-state index contributed by atoms with van der Waals surface area (Å²) in [5.41, 5.74) is 3.23. The number of halogens is 2. The van der Waals surface area contributed by atoms with Crippen molar-refractivity contribution in [2.45, 2.75) is 30.5 Å². The van der Waals surface area contributed by atoms with E-state index in [2.05, 4.69) is 32.6 Å². The van der Waals surface area contributed by atoms with Crippen molar-refractivity contribution in [3.8, 4) is 11.4 Å². The topological polar surface area (TPSA) is 70.7 Å². The van der Waals surface area contributed by atoms with Gasteiger partial charge in [-0.1, -0.05) is 59.2 Å². The molecule has 2 N–H and O–H groups in total. The molecule has 0 bridgehead atoms. The highest BCUT2D eigenvalue weighted by atomic mass is 35.5. The van der Waals surface area contributed by atoms with Crippen molar-refractivity contribution in [3.05, 3.63) is 63.6 Å². The average molecular weight is 433 g/mol. The molecule has 1 aliphatic rings. The molecule has 1 unspecified atom stereocenters. The zero-order valence-electron chi connectivity index (χ0n) is 14.9. The van der Waals surface area contributed by atoms with E-state index in [1.165, 1.54) is 22.9 Å². The molecule has 1 aliphatic carbocycles. The zero-order valence-corrected chi connectivity index (χ0v) is 17.2. The number of thioether (sulfide) groups is 1. The van der Waals surface area contributed by atoms with E-state index in [-0.39, 0.29) is 17.7 Å². The largest absolute Gasteiger partial charge is 0.349 e.